The standard InChI is InChI=1S/C16H24BrN3O3/c1-11(22-14-10-18-13(17)9-19-14)12-5-7-20(8-6-12)15(21)23-16(2,3)4/h9-12H,5-8H2,1-4H3/t11-/m0/s1. The van der Waals surface area contributed by atoms with Crippen molar-refractivity contribution in [2.45, 2.75) is 52.2 Å². The lowest BCUT2D eigenvalue weighted by Crippen LogP contribution is -2.44. The highest BCUT2D eigenvalue weighted by molar-refractivity contribution is 9.10. The molecule has 0 bridgehead atoms. The van der Waals surface area contributed by atoms with Crippen LogP contribution in [0.3, 0.4) is 0 Å². The molecule has 0 aromatic carbocycles. The van der Waals surface area contributed by atoms with E-state index in [4.69, 9.17) is 9.47 Å². The van der Waals surface area contributed by atoms with Crippen molar-refractivity contribution in [3.63, 3.8) is 0 Å². The van der Waals surface area contributed by atoms with E-state index in [0.29, 0.717) is 29.5 Å². The minimum atomic E-state index is -0.454. The predicted molar refractivity (Wildman–Crippen MR) is 90.4 cm³/mol. The summed E-state index contributed by atoms with van der Waals surface area (Å²) in [5.41, 5.74) is -0.454. The van der Waals surface area contributed by atoms with Crippen LogP contribution in [0.5, 0.6) is 5.88 Å². The highest BCUT2D eigenvalue weighted by atomic mass is 79.9. The fraction of sp³-hybridized carbons (Fsp3) is 0.688. The number of halogens is 1. The molecule has 0 unspecified atom stereocenters. The number of hydrogen-bond donors (Lipinski definition) is 0. The molecule has 6 nitrogen and oxygen atoms in total. The van der Waals surface area contributed by atoms with Crippen molar-refractivity contribution in [1.29, 1.82) is 0 Å². The van der Waals surface area contributed by atoms with E-state index < -0.39 is 5.60 Å². The maximum absolute atomic E-state index is 12.1. The summed E-state index contributed by atoms with van der Waals surface area (Å²) in [5, 5.41) is 0. The van der Waals surface area contributed by atoms with Crippen LogP contribution in [0, 0.1) is 5.92 Å². The lowest BCUT2D eigenvalue weighted by Gasteiger charge is -2.35. The van der Waals surface area contributed by atoms with Crippen molar-refractivity contribution in [1.82, 2.24) is 14.9 Å². The first-order valence-corrected chi connectivity index (χ1v) is 8.66. The Kier molecular flexibility index (Phi) is 5.84. The third-order valence-corrected chi connectivity index (χ3v) is 4.17. The summed E-state index contributed by atoms with van der Waals surface area (Å²) >= 11 is 3.25. The van der Waals surface area contributed by atoms with Gasteiger partial charge in [-0.15, -0.1) is 0 Å². The zero-order valence-corrected chi connectivity index (χ0v) is 15.7. The number of piperidine rings is 1. The molecule has 1 aliphatic heterocycles. The summed E-state index contributed by atoms with van der Waals surface area (Å²) in [7, 11) is 0. The first-order valence-electron chi connectivity index (χ1n) is 7.87. The third kappa shape index (κ3) is 5.64. The minimum absolute atomic E-state index is 0.0336. The first-order chi connectivity index (χ1) is 10.7. The number of carbonyl (C=O) groups is 1. The van der Waals surface area contributed by atoms with E-state index in [9.17, 15) is 4.79 Å². The molecule has 23 heavy (non-hydrogen) atoms. The van der Waals surface area contributed by atoms with Crippen molar-refractivity contribution in [2.75, 3.05) is 13.1 Å². The van der Waals surface area contributed by atoms with Crippen molar-refractivity contribution < 1.29 is 14.3 Å². The molecule has 1 aliphatic rings. The van der Waals surface area contributed by atoms with Crippen LogP contribution in [0.4, 0.5) is 4.79 Å². The molecule has 2 heterocycles. The molecule has 0 aliphatic carbocycles. The summed E-state index contributed by atoms with van der Waals surface area (Å²) < 4.78 is 12.0. The Labute approximate surface area is 145 Å². The van der Waals surface area contributed by atoms with Crippen LogP contribution in [0.2, 0.25) is 0 Å². The second-order valence-electron chi connectivity index (χ2n) is 6.81. The Morgan fingerprint density at radius 1 is 1.30 bits per heavy atom. The summed E-state index contributed by atoms with van der Waals surface area (Å²) in [6, 6.07) is 0. The van der Waals surface area contributed by atoms with Gasteiger partial charge in [0.25, 0.3) is 0 Å². The number of likely N-dealkylation sites (tertiary alicyclic amines) is 1. The largest absolute Gasteiger partial charge is 0.473 e. The zero-order chi connectivity index (χ0) is 17.0. The Morgan fingerprint density at radius 2 is 1.96 bits per heavy atom. The number of carbonyl (C=O) groups excluding carboxylic acids is 1. The highest BCUT2D eigenvalue weighted by Gasteiger charge is 2.30. The van der Waals surface area contributed by atoms with E-state index in [1.54, 1.807) is 17.3 Å². The van der Waals surface area contributed by atoms with Gasteiger partial charge in [0.1, 0.15) is 16.3 Å². The smallest absolute Gasteiger partial charge is 0.410 e. The van der Waals surface area contributed by atoms with Crippen LogP contribution in [-0.2, 0) is 4.74 Å². The molecule has 1 aromatic rings. The van der Waals surface area contributed by atoms with Gasteiger partial charge < -0.3 is 14.4 Å². The Bertz CT molecular complexity index is 522. The first kappa shape index (κ1) is 18.0. The fourth-order valence-electron chi connectivity index (χ4n) is 2.53. The molecule has 0 N–H and O–H groups in total. The molecule has 128 valence electrons. The van der Waals surface area contributed by atoms with E-state index in [2.05, 4.69) is 25.9 Å². The molecular weight excluding hydrogens is 362 g/mol. The maximum Gasteiger partial charge on any atom is 0.410 e. The Hall–Kier alpha value is -1.37. The van der Waals surface area contributed by atoms with Gasteiger partial charge in [-0.05, 0) is 62.4 Å². The fourth-order valence-corrected chi connectivity index (χ4v) is 2.73. The van der Waals surface area contributed by atoms with E-state index >= 15 is 0 Å². The molecule has 1 aromatic heterocycles. The van der Waals surface area contributed by atoms with Gasteiger partial charge in [0.15, 0.2) is 0 Å². The number of ether oxygens (including phenoxy) is 2. The molecule has 1 amide bonds. The third-order valence-electron chi connectivity index (χ3n) is 3.76. The van der Waals surface area contributed by atoms with E-state index in [-0.39, 0.29) is 12.2 Å². The number of nitrogens with zero attached hydrogens (tertiary/aromatic N) is 3. The highest BCUT2D eigenvalue weighted by Crippen LogP contribution is 2.25. The SMILES string of the molecule is C[C@H](Oc1cnc(Br)cn1)C1CCN(C(=O)OC(C)(C)C)CC1. The molecule has 0 radical (unpaired) electrons. The predicted octanol–water partition coefficient (Wildman–Crippen LogP) is 3.65. The molecule has 0 saturated carbocycles. The van der Waals surface area contributed by atoms with Crippen LogP contribution >= 0.6 is 15.9 Å². The molecule has 1 fully saturated rings. The van der Waals surface area contributed by atoms with Gasteiger partial charge in [0.2, 0.25) is 5.88 Å². The second kappa shape index (κ2) is 7.47. The van der Waals surface area contributed by atoms with Gasteiger partial charge in [0.05, 0.1) is 12.4 Å². The monoisotopic (exact) mass is 385 g/mol. The van der Waals surface area contributed by atoms with Crippen molar-refractivity contribution in [3.8, 4) is 5.88 Å². The van der Waals surface area contributed by atoms with Crippen LogP contribution in [0.1, 0.15) is 40.5 Å². The van der Waals surface area contributed by atoms with Crippen LogP contribution in [0.25, 0.3) is 0 Å². The van der Waals surface area contributed by atoms with Gasteiger partial charge in [-0.2, -0.15) is 0 Å². The average molecular weight is 386 g/mol. The van der Waals surface area contributed by atoms with E-state index in [1.165, 1.54) is 0 Å². The van der Waals surface area contributed by atoms with Crippen molar-refractivity contribution in [3.05, 3.63) is 17.0 Å². The number of aromatic nitrogens is 2. The van der Waals surface area contributed by atoms with E-state index in [0.717, 1.165) is 12.8 Å². The molecule has 0 spiro atoms. The van der Waals surface area contributed by atoms with Crippen molar-refractivity contribution >= 4 is 22.0 Å². The lowest BCUT2D eigenvalue weighted by atomic mass is 9.92. The number of hydrogen-bond acceptors (Lipinski definition) is 5. The van der Waals surface area contributed by atoms with Gasteiger partial charge in [-0.25, -0.2) is 14.8 Å². The van der Waals surface area contributed by atoms with Crippen LogP contribution in [-0.4, -0.2) is 45.8 Å². The van der Waals surface area contributed by atoms with Gasteiger partial charge >= 0.3 is 6.09 Å². The van der Waals surface area contributed by atoms with Gasteiger partial charge in [-0.1, -0.05) is 0 Å². The molecule has 1 atom stereocenters. The summed E-state index contributed by atoms with van der Waals surface area (Å²) in [6.07, 6.45) is 4.81. The molecule has 1 saturated heterocycles. The normalized spacial score (nSPS) is 17.7. The second-order valence-corrected chi connectivity index (χ2v) is 7.62. The quantitative estimate of drug-likeness (QED) is 0.794. The topological polar surface area (TPSA) is 64.6 Å². The minimum Gasteiger partial charge on any atom is -0.473 e. The van der Waals surface area contributed by atoms with Crippen LogP contribution < -0.4 is 4.74 Å². The maximum atomic E-state index is 12.1. The molecular formula is C16H24BrN3O3. The Balaban J connectivity index is 1.81. The number of rotatable bonds is 3. The molecule has 2 rings (SSSR count). The van der Waals surface area contributed by atoms with Crippen LogP contribution in [0.15, 0.2) is 17.0 Å². The van der Waals surface area contributed by atoms with Gasteiger partial charge in [-0.3, -0.25) is 0 Å². The summed E-state index contributed by atoms with van der Waals surface area (Å²) in [4.78, 5) is 22.1. The molecule has 7 heteroatoms. The van der Waals surface area contributed by atoms with Gasteiger partial charge in [0, 0.05) is 13.1 Å². The number of amides is 1. The zero-order valence-electron chi connectivity index (χ0n) is 14.1. The Morgan fingerprint density at radius 3 is 2.48 bits per heavy atom. The van der Waals surface area contributed by atoms with Crippen molar-refractivity contribution in [2.24, 2.45) is 5.92 Å². The summed E-state index contributed by atoms with van der Waals surface area (Å²) in [5.74, 6) is 0.911. The summed E-state index contributed by atoms with van der Waals surface area (Å²) in [6.45, 7) is 9.07. The lowest BCUT2D eigenvalue weighted by molar-refractivity contribution is 0.0118. The van der Waals surface area contributed by atoms with E-state index in [1.807, 2.05) is 27.7 Å². The average Bonchev–Trinajstić information content (AvgIpc) is 2.48.